The molecule has 0 spiro atoms. The van der Waals surface area contributed by atoms with Crippen LogP contribution in [0.3, 0.4) is 0 Å². The summed E-state index contributed by atoms with van der Waals surface area (Å²) in [5.74, 6) is 0.593. The van der Waals surface area contributed by atoms with Gasteiger partial charge in [0.2, 0.25) is 0 Å². The van der Waals surface area contributed by atoms with Crippen molar-refractivity contribution in [3.05, 3.63) is 0 Å². The van der Waals surface area contributed by atoms with Crippen molar-refractivity contribution >= 4 is 0 Å². The third kappa shape index (κ3) is 2.94. The van der Waals surface area contributed by atoms with Gasteiger partial charge in [0, 0.05) is 31.7 Å². The summed E-state index contributed by atoms with van der Waals surface area (Å²) >= 11 is 0. The van der Waals surface area contributed by atoms with E-state index in [1.807, 2.05) is 7.05 Å². The summed E-state index contributed by atoms with van der Waals surface area (Å²) in [6, 6.07) is 0.504. The first-order valence-electron chi connectivity index (χ1n) is 6.33. The molecule has 0 bridgehead atoms. The van der Waals surface area contributed by atoms with Crippen LogP contribution < -0.4 is 10.6 Å². The minimum atomic E-state index is 0.0641. The Hall–Kier alpha value is -0.160. The molecule has 2 fully saturated rings. The Balaban J connectivity index is 1.67. The van der Waals surface area contributed by atoms with Crippen LogP contribution in [0.5, 0.6) is 0 Å². The van der Waals surface area contributed by atoms with Crippen molar-refractivity contribution in [1.29, 1.82) is 0 Å². The highest BCUT2D eigenvalue weighted by molar-refractivity contribution is 4.85. The molecule has 3 unspecified atom stereocenters. The van der Waals surface area contributed by atoms with Crippen molar-refractivity contribution in [1.82, 2.24) is 10.6 Å². The molecule has 2 rings (SSSR count). The molecular formula is C12H24N2O2. The molecule has 0 aliphatic carbocycles. The van der Waals surface area contributed by atoms with Gasteiger partial charge in [0.25, 0.3) is 0 Å². The molecule has 94 valence electrons. The highest BCUT2D eigenvalue weighted by Gasteiger charge is 2.31. The number of likely N-dealkylation sites (N-methyl/N-ethyl adjacent to an activating group) is 1. The molecule has 2 aliphatic rings. The third-order valence-electron chi connectivity index (χ3n) is 3.78. The van der Waals surface area contributed by atoms with Gasteiger partial charge < -0.3 is 20.1 Å². The molecule has 2 heterocycles. The molecule has 4 nitrogen and oxygen atoms in total. The van der Waals surface area contributed by atoms with Crippen molar-refractivity contribution in [3.8, 4) is 0 Å². The van der Waals surface area contributed by atoms with E-state index >= 15 is 0 Å². The summed E-state index contributed by atoms with van der Waals surface area (Å²) in [4.78, 5) is 0. The largest absolute Gasteiger partial charge is 0.379 e. The molecule has 0 saturated carbocycles. The number of hydrogen-bond acceptors (Lipinski definition) is 4. The predicted octanol–water partition coefficient (Wildman–Crippen LogP) is 0.379. The van der Waals surface area contributed by atoms with Crippen molar-refractivity contribution < 1.29 is 9.47 Å². The lowest BCUT2D eigenvalue weighted by atomic mass is 10.0. The zero-order chi connectivity index (χ0) is 11.4. The second kappa shape index (κ2) is 5.45. The van der Waals surface area contributed by atoms with Crippen molar-refractivity contribution in [2.45, 2.75) is 31.4 Å². The number of rotatable bonds is 5. The summed E-state index contributed by atoms with van der Waals surface area (Å²) in [7, 11) is 2.01. The summed E-state index contributed by atoms with van der Waals surface area (Å²) in [5, 5.41) is 6.83. The fourth-order valence-corrected chi connectivity index (χ4v) is 2.62. The van der Waals surface area contributed by atoms with E-state index in [0.29, 0.717) is 12.0 Å². The molecule has 2 saturated heterocycles. The van der Waals surface area contributed by atoms with Gasteiger partial charge in [-0.1, -0.05) is 0 Å². The third-order valence-corrected chi connectivity index (χ3v) is 3.78. The van der Waals surface area contributed by atoms with Crippen LogP contribution in [0.15, 0.2) is 0 Å². The van der Waals surface area contributed by atoms with Gasteiger partial charge in [-0.2, -0.15) is 0 Å². The normalized spacial score (nSPS) is 39.4. The molecule has 2 aliphatic heterocycles. The molecule has 0 amide bonds. The Labute approximate surface area is 98.1 Å². The van der Waals surface area contributed by atoms with Gasteiger partial charge in [-0.3, -0.25) is 0 Å². The standard InChI is InChI=1S/C12H24N2O2/c1-12(4-3-5-16-12)9-14-6-10-7-15-8-11(10)13-2/h10-11,13-14H,3-9H2,1-2H3. The highest BCUT2D eigenvalue weighted by Crippen LogP contribution is 2.24. The van der Waals surface area contributed by atoms with E-state index in [1.165, 1.54) is 12.8 Å². The Morgan fingerprint density at radius 3 is 2.94 bits per heavy atom. The van der Waals surface area contributed by atoms with Crippen LogP contribution >= 0.6 is 0 Å². The smallest absolute Gasteiger partial charge is 0.0779 e. The van der Waals surface area contributed by atoms with Crippen LogP contribution in [0.25, 0.3) is 0 Å². The van der Waals surface area contributed by atoms with Gasteiger partial charge in [-0.25, -0.2) is 0 Å². The van der Waals surface area contributed by atoms with E-state index in [9.17, 15) is 0 Å². The number of ether oxygens (including phenoxy) is 2. The molecule has 0 aromatic heterocycles. The second-order valence-corrected chi connectivity index (χ2v) is 5.23. The van der Waals surface area contributed by atoms with E-state index < -0.39 is 0 Å². The lowest BCUT2D eigenvalue weighted by molar-refractivity contribution is 0.0201. The first-order valence-corrected chi connectivity index (χ1v) is 6.33. The summed E-state index contributed by atoms with van der Waals surface area (Å²) in [6.07, 6.45) is 2.38. The van der Waals surface area contributed by atoms with Crippen LogP contribution in [0.4, 0.5) is 0 Å². The SMILES string of the molecule is CNC1COCC1CNCC1(C)CCCO1. The number of nitrogens with one attached hydrogen (secondary N) is 2. The van der Waals surface area contributed by atoms with Crippen LogP contribution in [-0.4, -0.2) is 51.6 Å². The van der Waals surface area contributed by atoms with Crippen molar-refractivity contribution in [2.24, 2.45) is 5.92 Å². The first-order chi connectivity index (χ1) is 7.73. The summed E-state index contributed by atoms with van der Waals surface area (Å²) in [5.41, 5.74) is 0.0641. The molecule has 2 N–H and O–H groups in total. The van der Waals surface area contributed by atoms with E-state index in [-0.39, 0.29) is 5.60 Å². The molecule has 0 aromatic rings. The molecular weight excluding hydrogens is 204 g/mol. The van der Waals surface area contributed by atoms with E-state index in [2.05, 4.69) is 17.6 Å². The zero-order valence-electron chi connectivity index (χ0n) is 10.4. The minimum Gasteiger partial charge on any atom is -0.379 e. The van der Waals surface area contributed by atoms with Crippen LogP contribution in [-0.2, 0) is 9.47 Å². The molecule has 4 heteroatoms. The van der Waals surface area contributed by atoms with Crippen LogP contribution in [0.1, 0.15) is 19.8 Å². The van der Waals surface area contributed by atoms with Gasteiger partial charge in [-0.05, 0) is 26.8 Å². The van der Waals surface area contributed by atoms with Crippen LogP contribution in [0, 0.1) is 5.92 Å². The Morgan fingerprint density at radius 2 is 2.25 bits per heavy atom. The fourth-order valence-electron chi connectivity index (χ4n) is 2.62. The lowest BCUT2D eigenvalue weighted by Gasteiger charge is -2.25. The van der Waals surface area contributed by atoms with E-state index in [4.69, 9.17) is 9.47 Å². The highest BCUT2D eigenvalue weighted by atomic mass is 16.5. The Morgan fingerprint density at radius 1 is 1.38 bits per heavy atom. The lowest BCUT2D eigenvalue weighted by Crippen LogP contribution is -2.43. The average Bonchev–Trinajstić information content (AvgIpc) is 2.88. The topological polar surface area (TPSA) is 42.5 Å². The average molecular weight is 228 g/mol. The van der Waals surface area contributed by atoms with Crippen molar-refractivity contribution in [3.63, 3.8) is 0 Å². The zero-order valence-corrected chi connectivity index (χ0v) is 10.4. The van der Waals surface area contributed by atoms with Crippen LogP contribution in [0.2, 0.25) is 0 Å². The first kappa shape index (κ1) is 12.3. The Bertz CT molecular complexity index is 217. The quantitative estimate of drug-likeness (QED) is 0.714. The molecule has 0 radical (unpaired) electrons. The maximum Gasteiger partial charge on any atom is 0.0779 e. The van der Waals surface area contributed by atoms with Gasteiger partial charge in [0.1, 0.15) is 0 Å². The molecule has 0 aromatic carbocycles. The molecule has 3 atom stereocenters. The van der Waals surface area contributed by atoms with Gasteiger partial charge >= 0.3 is 0 Å². The predicted molar refractivity (Wildman–Crippen MR) is 63.6 cm³/mol. The maximum atomic E-state index is 5.75. The fraction of sp³-hybridized carbons (Fsp3) is 1.00. The second-order valence-electron chi connectivity index (χ2n) is 5.23. The minimum absolute atomic E-state index is 0.0641. The van der Waals surface area contributed by atoms with E-state index in [1.54, 1.807) is 0 Å². The van der Waals surface area contributed by atoms with E-state index in [0.717, 1.165) is 32.9 Å². The van der Waals surface area contributed by atoms with Crippen molar-refractivity contribution in [2.75, 3.05) is 40.0 Å². The van der Waals surface area contributed by atoms with Gasteiger partial charge in [-0.15, -0.1) is 0 Å². The number of hydrogen-bond donors (Lipinski definition) is 2. The molecule has 16 heavy (non-hydrogen) atoms. The van der Waals surface area contributed by atoms with Gasteiger partial charge in [0.15, 0.2) is 0 Å². The summed E-state index contributed by atoms with van der Waals surface area (Å²) < 4.78 is 11.2. The summed E-state index contributed by atoms with van der Waals surface area (Å²) in [6.45, 7) is 6.81. The maximum absolute atomic E-state index is 5.75. The Kier molecular flexibility index (Phi) is 4.19. The van der Waals surface area contributed by atoms with Gasteiger partial charge in [0.05, 0.1) is 18.8 Å². The monoisotopic (exact) mass is 228 g/mol.